The Morgan fingerprint density at radius 1 is 1.42 bits per heavy atom. The number of hydrogen-bond donors (Lipinski definition) is 1. The highest BCUT2D eigenvalue weighted by Gasteiger charge is 2.18. The summed E-state index contributed by atoms with van der Waals surface area (Å²) in [6, 6.07) is 0. The minimum Gasteiger partial charge on any atom is -0.381 e. The third-order valence-corrected chi connectivity index (χ3v) is 5.72. The third-order valence-electron chi connectivity index (χ3n) is 4.41. The molecule has 0 bridgehead atoms. The molecule has 0 radical (unpaired) electrons. The molecule has 1 aliphatic rings. The zero-order valence-corrected chi connectivity index (χ0v) is 16.6. The van der Waals surface area contributed by atoms with E-state index in [1.807, 2.05) is 7.05 Å². The molecule has 5 nitrogen and oxygen atoms in total. The van der Waals surface area contributed by atoms with Crippen LogP contribution >= 0.6 is 11.3 Å². The van der Waals surface area contributed by atoms with E-state index in [-0.39, 0.29) is 5.41 Å². The molecule has 0 aromatic carbocycles. The largest absolute Gasteiger partial charge is 0.381 e. The van der Waals surface area contributed by atoms with Gasteiger partial charge in [0.15, 0.2) is 5.96 Å². The Bertz CT molecular complexity index is 529. The normalized spacial score (nSPS) is 17.1. The van der Waals surface area contributed by atoms with E-state index in [4.69, 9.17) is 9.72 Å². The molecule has 0 amide bonds. The Hall–Kier alpha value is -1.14. The van der Waals surface area contributed by atoms with Crippen LogP contribution in [0.25, 0.3) is 0 Å². The number of thiazole rings is 1. The van der Waals surface area contributed by atoms with Crippen molar-refractivity contribution in [3.05, 3.63) is 16.1 Å². The third kappa shape index (κ3) is 5.74. The van der Waals surface area contributed by atoms with E-state index in [0.717, 1.165) is 43.9 Å². The number of nitrogens with zero attached hydrogens (tertiary/aromatic N) is 3. The molecule has 136 valence electrons. The van der Waals surface area contributed by atoms with Crippen LogP contribution in [0.1, 0.15) is 50.7 Å². The van der Waals surface area contributed by atoms with Crippen molar-refractivity contribution in [3.8, 4) is 0 Å². The highest BCUT2D eigenvalue weighted by atomic mass is 32.1. The first-order valence-electron chi connectivity index (χ1n) is 8.84. The van der Waals surface area contributed by atoms with Crippen LogP contribution in [-0.2, 0) is 16.7 Å². The van der Waals surface area contributed by atoms with Gasteiger partial charge < -0.3 is 15.0 Å². The van der Waals surface area contributed by atoms with Crippen LogP contribution in [0.2, 0.25) is 0 Å². The minimum absolute atomic E-state index is 0.116. The van der Waals surface area contributed by atoms with Crippen molar-refractivity contribution in [2.45, 2.75) is 52.0 Å². The van der Waals surface area contributed by atoms with Gasteiger partial charge in [-0.1, -0.05) is 20.8 Å². The van der Waals surface area contributed by atoms with Crippen LogP contribution in [0.5, 0.6) is 0 Å². The van der Waals surface area contributed by atoms with Gasteiger partial charge in [0.05, 0.1) is 17.2 Å². The van der Waals surface area contributed by atoms with E-state index >= 15 is 0 Å². The van der Waals surface area contributed by atoms with Crippen LogP contribution in [0.4, 0.5) is 0 Å². The van der Waals surface area contributed by atoms with Crippen molar-refractivity contribution >= 4 is 17.3 Å². The molecule has 0 aliphatic carbocycles. The van der Waals surface area contributed by atoms with E-state index in [0.29, 0.717) is 0 Å². The minimum atomic E-state index is 0.116. The molecule has 1 saturated heterocycles. The summed E-state index contributed by atoms with van der Waals surface area (Å²) < 4.78 is 5.43. The molecule has 1 fully saturated rings. The monoisotopic (exact) mass is 352 g/mol. The van der Waals surface area contributed by atoms with Gasteiger partial charge in [-0.3, -0.25) is 4.99 Å². The van der Waals surface area contributed by atoms with E-state index in [1.54, 1.807) is 11.3 Å². The maximum absolute atomic E-state index is 5.43. The summed E-state index contributed by atoms with van der Waals surface area (Å²) >= 11 is 1.74. The molecule has 1 aromatic rings. The van der Waals surface area contributed by atoms with Crippen LogP contribution in [-0.4, -0.2) is 49.7 Å². The Balaban J connectivity index is 1.79. The van der Waals surface area contributed by atoms with Crippen LogP contribution < -0.4 is 5.32 Å². The fourth-order valence-electron chi connectivity index (χ4n) is 2.80. The summed E-state index contributed by atoms with van der Waals surface area (Å²) in [6.45, 7) is 10.2. The van der Waals surface area contributed by atoms with Crippen molar-refractivity contribution in [1.29, 1.82) is 0 Å². The topological polar surface area (TPSA) is 49.8 Å². The summed E-state index contributed by atoms with van der Waals surface area (Å²) in [5.41, 5.74) is 1.20. The summed E-state index contributed by atoms with van der Waals surface area (Å²) in [6.07, 6.45) is 3.58. The molecule has 2 rings (SSSR count). The highest BCUT2D eigenvalue weighted by molar-refractivity contribution is 7.09. The SMILES string of the molecule is CN=C(NCc1csc(C(C)(C)C)n1)N(C)CCC1CCOCC1. The number of ether oxygens (including phenoxy) is 1. The molecular weight excluding hydrogens is 320 g/mol. The number of rotatable bonds is 5. The molecule has 6 heteroatoms. The number of aliphatic imine (C=N–C) groups is 1. The molecule has 0 unspecified atom stereocenters. The van der Waals surface area contributed by atoms with E-state index in [1.165, 1.54) is 24.3 Å². The van der Waals surface area contributed by atoms with Crippen molar-refractivity contribution < 1.29 is 4.74 Å². The van der Waals surface area contributed by atoms with Crippen LogP contribution in [0.15, 0.2) is 10.4 Å². The van der Waals surface area contributed by atoms with Crippen molar-refractivity contribution in [2.75, 3.05) is 33.9 Å². The number of nitrogens with one attached hydrogen (secondary N) is 1. The molecule has 0 atom stereocenters. The molecule has 1 N–H and O–H groups in total. The fraction of sp³-hybridized carbons (Fsp3) is 0.778. The number of hydrogen-bond acceptors (Lipinski definition) is 4. The smallest absolute Gasteiger partial charge is 0.193 e. The number of guanidine groups is 1. The summed E-state index contributed by atoms with van der Waals surface area (Å²) in [7, 11) is 3.95. The van der Waals surface area contributed by atoms with Gasteiger partial charge in [0.2, 0.25) is 0 Å². The highest BCUT2D eigenvalue weighted by Crippen LogP contribution is 2.25. The van der Waals surface area contributed by atoms with Gasteiger partial charge in [-0.05, 0) is 25.2 Å². The Morgan fingerprint density at radius 2 is 2.12 bits per heavy atom. The van der Waals surface area contributed by atoms with Gasteiger partial charge in [-0.25, -0.2) is 4.98 Å². The first-order valence-corrected chi connectivity index (χ1v) is 9.72. The Labute approximate surface area is 150 Å². The van der Waals surface area contributed by atoms with Gasteiger partial charge in [0.1, 0.15) is 0 Å². The molecule has 0 spiro atoms. The van der Waals surface area contributed by atoms with Gasteiger partial charge in [0, 0.05) is 44.6 Å². The number of aromatic nitrogens is 1. The second kappa shape index (κ2) is 8.81. The molecule has 1 aliphatic heterocycles. The van der Waals surface area contributed by atoms with Crippen molar-refractivity contribution in [3.63, 3.8) is 0 Å². The average molecular weight is 353 g/mol. The first kappa shape index (κ1) is 19.2. The van der Waals surface area contributed by atoms with Crippen molar-refractivity contribution in [2.24, 2.45) is 10.9 Å². The predicted octanol–water partition coefficient (Wildman–Crippen LogP) is 3.26. The Morgan fingerprint density at radius 3 is 2.71 bits per heavy atom. The quantitative estimate of drug-likeness (QED) is 0.653. The van der Waals surface area contributed by atoms with E-state index in [2.05, 4.69) is 48.4 Å². The predicted molar refractivity (Wildman–Crippen MR) is 102 cm³/mol. The lowest BCUT2D eigenvalue weighted by molar-refractivity contribution is 0.0625. The summed E-state index contributed by atoms with van der Waals surface area (Å²) in [5, 5.41) is 6.76. The molecule has 0 saturated carbocycles. The van der Waals surface area contributed by atoms with Crippen LogP contribution in [0, 0.1) is 5.92 Å². The van der Waals surface area contributed by atoms with Crippen LogP contribution in [0.3, 0.4) is 0 Å². The second-order valence-electron chi connectivity index (χ2n) is 7.56. The molecule has 24 heavy (non-hydrogen) atoms. The van der Waals surface area contributed by atoms with Crippen molar-refractivity contribution in [1.82, 2.24) is 15.2 Å². The van der Waals surface area contributed by atoms with Gasteiger partial charge in [0.25, 0.3) is 0 Å². The lowest BCUT2D eigenvalue weighted by Crippen LogP contribution is -2.39. The molecular formula is C18H32N4OS. The first-order chi connectivity index (χ1) is 11.4. The standard InChI is InChI=1S/C18H32N4OS/c1-18(2,3)16-21-15(13-24-16)12-20-17(19-4)22(5)9-6-14-7-10-23-11-8-14/h13-14H,6-12H2,1-5H3,(H,19,20). The second-order valence-corrected chi connectivity index (χ2v) is 8.42. The maximum atomic E-state index is 5.43. The maximum Gasteiger partial charge on any atom is 0.193 e. The van der Waals surface area contributed by atoms with Gasteiger partial charge in [-0.2, -0.15) is 0 Å². The zero-order valence-electron chi connectivity index (χ0n) is 15.8. The fourth-order valence-corrected chi connectivity index (χ4v) is 3.71. The zero-order chi connectivity index (χ0) is 17.6. The molecule has 2 heterocycles. The Kier molecular flexibility index (Phi) is 7.04. The summed E-state index contributed by atoms with van der Waals surface area (Å²) in [5.74, 6) is 1.72. The average Bonchev–Trinajstić information content (AvgIpc) is 3.04. The van der Waals surface area contributed by atoms with E-state index < -0.39 is 0 Å². The van der Waals surface area contributed by atoms with Gasteiger partial charge >= 0.3 is 0 Å². The lowest BCUT2D eigenvalue weighted by Gasteiger charge is -2.26. The lowest BCUT2D eigenvalue weighted by atomic mass is 9.96. The summed E-state index contributed by atoms with van der Waals surface area (Å²) in [4.78, 5) is 11.4. The van der Waals surface area contributed by atoms with Gasteiger partial charge in [-0.15, -0.1) is 11.3 Å². The van der Waals surface area contributed by atoms with E-state index in [9.17, 15) is 0 Å². The molecule has 1 aromatic heterocycles.